The molecule has 0 unspecified atom stereocenters. The maximum Gasteiger partial charge on any atom is 0.238 e. The van der Waals surface area contributed by atoms with E-state index in [0.717, 1.165) is 6.42 Å². The third-order valence-corrected chi connectivity index (χ3v) is 6.52. The summed E-state index contributed by atoms with van der Waals surface area (Å²) >= 11 is 0. The molecule has 0 aromatic heterocycles. The monoisotopic (exact) mass is 389 g/mol. The van der Waals surface area contributed by atoms with Crippen LogP contribution in [0.25, 0.3) is 0 Å². The Kier molecular flexibility index (Phi) is 4.15. The van der Waals surface area contributed by atoms with Crippen LogP contribution >= 0.6 is 0 Å². The van der Waals surface area contributed by atoms with Crippen LogP contribution in [0.4, 0.5) is 5.69 Å². The van der Waals surface area contributed by atoms with Gasteiger partial charge < -0.3 is 5.32 Å². The molecule has 2 fully saturated rings. The van der Waals surface area contributed by atoms with E-state index in [1.165, 1.54) is 29.2 Å². The van der Waals surface area contributed by atoms with Crippen LogP contribution in [-0.4, -0.2) is 37.6 Å². The highest BCUT2D eigenvalue weighted by Crippen LogP contribution is 2.52. The quantitative estimate of drug-likeness (QED) is 0.559. The van der Waals surface area contributed by atoms with Crippen LogP contribution in [0.1, 0.15) is 12.8 Å². The minimum atomic E-state index is -3.79. The average Bonchev–Trinajstić information content (AvgIpc) is 3.28. The molecule has 9 heteroatoms. The predicted octanol–water partition coefficient (Wildman–Crippen LogP) is 0.470. The van der Waals surface area contributed by atoms with Gasteiger partial charge in [-0.25, -0.2) is 13.6 Å². The van der Waals surface area contributed by atoms with E-state index in [4.69, 9.17) is 5.14 Å². The van der Waals surface area contributed by atoms with Crippen molar-refractivity contribution in [1.82, 2.24) is 4.90 Å². The Bertz CT molecular complexity index is 924. The number of amides is 3. The molecule has 3 amide bonds. The first-order valence-corrected chi connectivity index (χ1v) is 10.3. The molecule has 3 aliphatic rings. The van der Waals surface area contributed by atoms with Gasteiger partial charge in [0.1, 0.15) is 0 Å². The van der Waals surface area contributed by atoms with Crippen molar-refractivity contribution < 1.29 is 22.8 Å². The molecule has 4 rings (SSSR count). The van der Waals surface area contributed by atoms with Gasteiger partial charge in [0.2, 0.25) is 27.7 Å². The van der Waals surface area contributed by atoms with Crippen molar-refractivity contribution in [1.29, 1.82) is 0 Å². The molecule has 3 N–H and O–H groups in total. The summed E-state index contributed by atoms with van der Waals surface area (Å²) < 4.78 is 22.5. The molecule has 1 aromatic rings. The van der Waals surface area contributed by atoms with E-state index in [-0.39, 0.29) is 59.3 Å². The first kappa shape index (κ1) is 17.9. The number of nitrogens with one attached hydrogen (secondary N) is 1. The Morgan fingerprint density at radius 2 is 1.63 bits per heavy atom. The van der Waals surface area contributed by atoms with Crippen molar-refractivity contribution in [3.8, 4) is 0 Å². The van der Waals surface area contributed by atoms with E-state index in [0.29, 0.717) is 5.69 Å². The van der Waals surface area contributed by atoms with Gasteiger partial charge in [-0.2, -0.15) is 0 Å². The molecular weight excluding hydrogens is 370 g/mol. The smallest absolute Gasteiger partial charge is 0.238 e. The van der Waals surface area contributed by atoms with Gasteiger partial charge in [0.05, 0.1) is 16.7 Å². The Morgan fingerprint density at radius 3 is 2.15 bits per heavy atom. The van der Waals surface area contributed by atoms with Gasteiger partial charge in [-0.3, -0.25) is 19.3 Å². The number of fused-ring (bicyclic) bond motifs is 5. The molecule has 8 nitrogen and oxygen atoms in total. The molecule has 1 heterocycles. The van der Waals surface area contributed by atoms with Crippen LogP contribution < -0.4 is 10.5 Å². The van der Waals surface area contributed by atoms with Crippen molar-refractivity contribution in [2.75, 3.05) is 11.9 Å². The first-order chi connectivity index (χ1) is 12.8. The number of anilines is 1. The third kappa shape index (κ3) is 3.06. The Morgan fingerprint density at radius 1 is 1.07 bits per heavy atom. The number of imide groups is 1. The van der Waals surface area contributed by atoms with Gasteiger partial charge in [0.15, 0.2) is 0 Å². The number of nitrogens with two attached hydrogens (primary N) is 1. The van der Waals surface area contributed by atoms with Gasteiger partial charge in [-0.1, -0.05) is 12.2 Å². The van der Waals surface area contributed by atoms with Crippen LogP contribution in [0.2, 0.25) is 0 Å². The number of nitrogens with zero attached hydrogens (tertiary/aromatic N) is 1. The van der Waals surface area contributed by atoms with Crippen molar-refractivity contribution in [2.45, 2.75) is 17.7 Å². The molecule has 142 valence electrons. The van der Waals surface area contributed by atoms with Crippen LogP contribution in [0.3, 0.4) is 0 Å². The van der Waals surface area contributed by atoms with Crippen molar-refractivity contribution in [3.05, 3.63) is 36.4 Å². The second-order valence-corrected chi connectivity index (χ2v) is 8.76. The van der Waals surface area contributed by atoms with Crippen molar-refractivity contribution in [2.24, 2.45) is 28.8 Å². The van der Waals surface area contributed by atoms with E-state index in [9.17, 15) is 22.8 Å². The normalized spacial score (nSPS) is 28.7. The zero-order valence-electron chi connectivity index (χ0n) is 14.4. The van der Waals surface area contributed by atoms with Crippen LogP contribution in [0, 0.1) is 23.7 Å². The molecule has 1 aromatic carbocycles. The first-order valence-electron chi connectivity index (χ1n) is 8.72. The second kappa shape index (κ2) is 6.28. The zero-order valence-corrected chi connectivity index (χ0v) is 15.2. The highest BCUT2D eigenvalue weighted by atomic mass is 32.2. The highest BCUT2D eigenvalue weighted by molar-refractivity contribution is 7.89. The summed E-state index contributed by atoms with van der Waals surface area (Å²) in [6, 6.07) is 5.44. The molecule has 4 atom stereocenters. The molecule has 2 aliphatic carbocycles. The van der Waals surface area contributed by atoms with Gasteiger partial charge in [0, 0.05) is 18.7 Å². The fourth-order valence-electron chi connectivity index (χ4n) is 4.35. The van der Waals surface area contributed by atoms with E-state index in [1.807, 2.05) is 12.2 Å². The Hall–Kier alpha value is -2.52. The maximum atomic E-state index is 12.6. The summed E-state index contributed by atoms with van der Waals surface area (Å²) in [5, 5.41) is 7.64. The van der Waals surface area contributed by atoms with E-state index in [2.05, 4.69) is 5.32 Å². The number of sulfonamides is 1. The number of carbonyl (C=O) groups excluding carboxylic acids is 3. The summed E-state index contributed by atoms with van der Waals surface area (Å²) in [7, 11) is -3.79. The molecule has 0 spiro atoms. The van der Waals surface area contributed by atoms with Gasteiger partial charge >= 0.3 is 0 Å². The molecule has 1 saturated heterocycles. The number of carbonyl (C=O) groups is 3. The summed E-state index contributed by atoms with van der Waals surface area (Å²) in [6.45, 7) is 0.0468. The third-order valence-electron chi connectivity index (χ3n) is 5.59. The zero-order chi connectivity index (χ0) is 19.3. The number of likely N-dealkylation sites (tertiary alicyclic amines) is 1. The number of primary sulfonamides is 1. The van der Waals surface area contributed by atoms with Crippen LogP contribution in [0.15, 0.2) is 41.3 Å². The van der Waals surface area contributed by atoms with E-state index in [1.54, 1.807) is 0 Å². The number of rotatable bonds is 5. The predicted molar refractivity (Wildman–Crippen MR) is 95.5 cm³/mol. The molecule has 0 radical (unpaired) electrons. The van der Waals surface area contributed by atoms with E-state index < -0.39 is 10.0 Å². The van der Waals surface area contributed by atoms with E-state index >= 15 is 0 Å². The lowest BCUT2D eigenvalue weighted by Crippen LogP contribution is -2.35. The summed E-state index contributed by atoms with van der Waals surface area (Å²) in [5.74, 6) is -0.945. The van der Waals surface area contributed by atoms with Gasteiger partial charge in [0.25, 0.3) is 0 Å². The lowest BCUT2D eigenvalue weighted by Gasteiger charge is -2.17. The lowest BCUT2D eigenvalue weighted by molar-refractivity contribution is -0.140. The highest BCUT2D eigenvalue weighted by Gasteiger charge is 2.58. The standard InChI is InChI=1S/C18H19N3O5S/c19-27(25,26)13-5-3-12(4-6-13)20-14(22)7-8-21-17(23)15-10-1-2-11(9-10)16(15)18(21)24/h1-6,10-11,15-16H,7-9H2,(H,20,22)(H2,19,25,26)/t10-,11+,15-,16+. The largest absolute Gasteiger partial charge is 0.326 e. The molecular formula is C18H19N3O5S. The molecule has 1 aliphatic heterocycles. The molecule has 1 saturated carbocycles. The lowest BCUT2D eigenvalue weighted by atomic mass is 9.85. The molecule has 2 bridgehead atoms. The number of benzene rings is 1. The Labute approximate surface area is 156 Å². The average molecular weight is 389 g/mol. The van der Waals surface area contributed by atoms with Crippen molar-refractivity contribution in [3.63, 3.8) is 0 Å². The second-order valence-electron chi connectivity index (χ2n) is 7.20. The minimum Gasteiger partial charge on any atom is -0.326 e. The van der Waals surface area contributed by atoms with Gasteiger partial charge in [-0.15, -0.1) is 0 Å². The fraction of sp³-hybridized carbons (Fsp3) is 0.389. The number of hydrogen-bond acceptors (Lipinski definition) is 5. The number of allylic oxidation sites excluding steroid dienone is 2. The van der Waals surface area contributed by atoms with Crippen LogP contribution in [-0.2, 0) is 24.4 Å². The fourth-order valence-corrected chi connectivity index (χ4v) is 4.86. The minimum absolute atomic E-state index is 0.0172. The maximum absolute atomic E-state index is 12.6. The van der Waals surface area contributed by atoms with Crippen LogP contribution in [0.5, 0.6) is 0 Å². The van der Waals surface area contributed by atoms with Crippen molar-refractivity contribution >= 4 is 33.4 Å². The topological polar surface area (TPSA) is 127 Å². The molecule has 27 heavy (non-hydrogen) atoms. The summed E-state index contributed by atoms with van der Waals surface area (Å²) in [5.41, 5.74) is 0.408. The van der Waals surface area contributed by atoms with Gasteiger partial charge in [-0.05, 0) is 42.5 Å². The summed E-state index contributed by atoms with van der Waals surface area (Å²) in [4.78, 5) is 38.4. The Balaban J connectivity index is 1.35. The summed E-state index contributed by atoms with van der Waals surface area (Å²) in [6.07, 6.45) is 4.91. The number of hydrogen-bond donors (Lipinski definition) is 2. The SMILES string of the molecule is NS(=O)(=O)c1ccc(NC(=O)CCN2C(=O)[C@@H]3[C@H](C2=O)[C@@H]2C=C[C@H]3C2)cc1.